The number of ether oxygens (including phenoxy) is 2. The van der Waals surface area contributed by atoms with E-state index in [2.05, 4.69) is 11.6 Å². The largest absolute Gasteiger partial charge is 0.490 e. The number of aliphatic hydroxyl groups is 1. The van der Waals surface area contributed by atoms with E-state index in [0.717, 1.165) is 28.2 Å². The Balaban J connectivity index is 1.51. The number of carbonyl (C=O) groups excluding carboxylic acids is 1. The number of methoxy groups -OCH3 is 1. The van der Waals surface area contributed by atoms with Gasteiger partial charge in [0.05, 0.1) is 46.7 Å². The van der Waals surface area contributed by atoms with Crippen LogP contribution in [0.4, 0.5) is 8.78 Å². The van der Waals surface area contributed by atoms with E-state index in [1.165, 1.54) is 30.6 Å². The Morgan fingerprint density at radius 3 is 2.67 bits per heavy atom. The number of aliphatic hydroxyl groups excluding tert-OH is 1. The predicted molar refractivity (Wildman–Crippen MR) is 184 cm³/mol. The lowest BCUT2D eigenvalue weighted by Gasteiger charge is -2.36. The smallest absolute Gasteiger partial charge is 0.246 e. The van der Waals surface area contributed by atoms with Gasteiger partial charge in [0.1, 0.15) is 47.8 Å². The van der Waals surface area contributed by atoms with Crippen LogP contribution < -0.4 is 4.74 Å². The zero-order valence-corrected chi connectivity index (χ0v) is 28.2. The van der Waals surface area contributed by atoms with Crippen LogP contribution in [0.2, 0.25) is 0 Å². The first kappa shape index (κ1) is 32.6. The molecule has 1 amide bonds. The van der Waals surface area contributed by atoms with Crippen molar-refractivity contribution in [3.05, 3.63) is 83.7 Å². The quantitative estimate of drug-likeness (QED) is 0.132. The van der Waals surface area contributed by atoms with Crippen molar-refractivity contribution in [3.8, 4) is 39.5 Å². The Kier molecular flexibility index (Phi) is 8.51. The van der Waals surface area contributed by atoms with E-state index in [0.29, 0.717) is 45.2 Å². The SMILES string of the molecule is C=CC(=O)N1C[C@H](C)n2nc(-c3nc(-c4ccc5c(c4)nc(CO)n5C)c4ccsc4c3-c3c(F)cc(F)cc3OCCOC)cc2[C@H]1C. The van der Waals surface area contributed by atoms with E-state index in [-0.39, 0.29) is 49.1 Å². The molecule has 2 atom stereocenters. The second-order valence-corrected chi connectivity index (χ2v) is 12.9. The minimum atomic E-state index is -0.808. The number of nitrogens with zero attached hydrogens (tertiary/aromatic N) is 6. The van der Waals surface area contributed by atoms with Gasteiger partial charge in [-0.1, -0.05) is 12.6 Å². The van der Waals surface area contributed by atoms with Gasteiger partial charge in [-0.3, -0.25) is 9.48 Å². The van der Waals surface area contributed by atoms with E-state index < -0.39 is 11.6 Å². The van der Waals surface area contributed by atoms with Crippen LogP contribution in [0.15, 0.2) is 60.5 Å². The van der Waals surface area contributed by atoms with E-state index in [1.807, 2.05) is 65.9 Å². The number of rotatable bonds is 9. The first-order chi connectivity index (χ1) is 23.6. The molecular weight excluding hydrogens is 650 g/mol. The Labute approximate surface area is 284 Å². The molecule has 13 heteroatoms. The molecule has 2 aromatic carbocycles. The molecule has 1 aliphatic rings. The fourth-order valence-corrected chi connectivity index (χ4v) is 7.56. The van der Waals surface area contributed by atoms with Crippen LogP contribution in [-0.4, -0.2) is 67.1 Å². The van der Waals surface area contributed by atoms with Crippen LogP contribution in [0, 0.1) is 11.6 Å². The summed E-state index contributed by atoms with van der Waals surface area (Å²) in [6.07, 6.45) is 1.30. The summed E-state index contributed by atoms with van der Waals surface area (Å²) in [7, 11) is 3.37. The highest BCUT2D eigenvalue weighted by molar-refractivity contribution is 7.18. The summed E-state index contributed by atoms with van der Waals surface area (Å²) in [5.41, 5.74) is 4.99. The monoisotopic (exact) mass is 684 g/mol. The van der Waals surface area contributed by atoms with Gasteiger partial charge in [-0.05, 0) is 49.6 Å². The molecule has 10 nitrogen and oxygen atoms in total. The zero-order valence-electron chi connectivity index (χ0n) is 27.4. The number of hydrogen-bond acceptors (Lipinski definition) is 8. The second-order valence-electron chi connectivity index (χ2n) is 12.0. The number of amides is 1. The highest BCUT2D eigenvalue weighted by Crippen LogP contribution is 2.48. The van der Waals surface area contributed by atoms with E-state index in [4.69, 9.17) is 19.6 Å². The van der Waals surface area contributed by atoms with Crippen molar-refractivity contribution in [1.29, 1.82) is 0 Å². The number of aryl methyl sites for hydroxylation is 1. The number of pyridine rings is 1. The first-order valence-electron chi connectivity index (χ1n) is 15.8. The van der Waals surface area contributed by atoms with Gasteiger partial charge in [-0.25, -0.2) is 18.7 Å². The molecule has 1 N–H and O–H groups in total. The average molecular weight is 685 g/mol. The molecule has 7 rings (SSSR count). The molecule has 4 aromatic heterocycles. The van der Waals surface area contributed by atoms with Crippen molar-refractivity contribution in [2.24, 2.45) is 7.05 Å². The average Bonchev–Trinajstić information content (AvgIpc) is 3.83. The van der Waals surface area contributed by atoms with E-state index >= 15 is 4.39 Å². The number of hydrogen-bond donors (Lipinski definition) is 1. The number of aromatic nitrogens is 5. The number of benzene rings is 2. The van der Waals surface area contributed by atoms with Gasteiger partial charge in [0.2, 0.25) is 5.91 Å². The summed E-state index contributed by atoms with van der Waals surface area (Å²) in [5, 5.41) is 17.5. The van der Waals surface area contributed by atoms with Crippen LogP contribution in [0.25, 0.3) is 54.9 Å². The number of thiophene rings is 1. The molecule has 0 fully saturated rings. The summed E-state index contributed by atoms with van der Waals surface area (Å²) < 4.78 is 46.3. The third-order valence-electron chi connectivity index (χ3n) is 9.05. The fraction of sp³-hybridized carbons (Fsp3) is 0.278. The predicted octanol–water partition coefficient (Wildman–Crippen LogP) is 6.83. The molecule has 49 heavy (non-hydrogen) atoms. The highest BCUT2D eigenvalue weighted by Gasteiger charge is 2.34. The molecular formula is C36H34F2N6O4S. The van der Waals surface area contributed by atoms with E-state index in [1.54, 1.807) is 4.90 Å². The van der Waals surface area contributed by atoms with Crippen LogP contribution in [-0.2, 0) is 23.2 Å². The molecule has 5 heterocycles. The number of halogens is 2. The summed E-state index contributed by atoms with van der Waals surface area (Å²) in [4.78, 5) is 24.3. The Morgan fingerprint density at radius 2 is 1.92 bits per heavy atom. The minimum Gasteiger partial charge on any atom is -0.490 e. The van der Waals surface area contributed by atoms with Gasteiger partial charge >= 0.3 is 0 Å². The van der Waals surface area contributed by atoms with Gasteiger partial charge in [0.25, 0.3) is 0 Å². The van der Waals surface area contributed by atoms with Gasteiger partial charge < -0.3 is 24.0 Å². The van der Waals surface area contributed by atoms with Crippen molar-refractivity contribution >= 4 is 38.4 Å². The third-order valence-corrected chi connectivity index (χ3v) is 9.98. The summed E-state index contributed by atoms with van der Waals surface area (Å²) in [5.74, 6) is -1.23. The number of fused-ring (bicyclic) bond motifs is 3. The maximum absolute atomic E-state index is 16.2. The standard InChI is InChI=1S/C36H34F2N6O4S/c1-6-31(46)43-17-19(2)44-28(20(43)3)16-26(41-44)35-33(32-24(38)14-22(37)15-29(32)48-11-10-47-5)36-23(9-12-49-36)34(40-35)21-7-8-27-25(13-21)39-30(18-45)42(27)4/h6-9,12-16,19-20,45H,1,10-11,17-18H2,2-5H3/t19-,20+/m0/s1. The van der Waals surface area contributed by atoms with Gasteiger partial charge in [0.15, 0.2) is 0 Å². The molecule has 0 bridgehead atoms. The molecule has 0 saturated heterocycles. The van der Waals surface area contributed by atoms with Gasteiger partial charge in [-0.2, -0.15) is 5.10 Å². The number of imidazole rings is 1. The molecule has 1 aliphatic heterocycles. The van der Waals surface area contributed by atoms with Crippen molar-refractivity contribution < 1.29 is 28.2 Å². The minimum absolute atomic E-state index is 0.0138. The second kappa shape index (κ2) is 12.8. The molecule has 6 aromatic rings. The third kappa shape index (κ3) is 5.47. The maximum Gasteiger partial charge on any atom is 0.246 e. The Bertz CT molecular complexity index is 2260. The normalized spacial score (nSPS) is 16.0. The van der Waals surface area contributed by atoms with Crippen LogP contribution in [0.1, 0.15) is 37.4 Å². The lowest BCUT2D eigenvalue weighted by molar-refractivity contribution is -0.129. The lowest BCUT2D eigenvalue weighted by Crippen LogP contribution is -2.42. The summed E-state index contributed by atoms with van der Waals surface area (Å²) in [6.45, 7) is 8.08. The molecule has 0 aliphatic carbocycles. The summed E-state index contributed by atoms with van der Waals surface area (Å²) in [6, 6.07) is 11.1. The molecule has 0 unspecified atom stereocenters. The fourth-order valence-electron chi connectivity index (χ4n) is 6.61. The Hall–Kier alpha value is -4.98. The summed E-state index contributed by atoms with van der Waals surface area (Å²) >= 11 is 1.40. The molecule has 252 valence electrons. The zero-order chi connectivity index (χ0) is 34.6. The van der Waals surface area contributed by atoms with E-state index in [9.17, 15) is 14.3 Å². The van der Waals surface area contributed by atoms with Crippen LogP contribution in [0.5, 0.6) is 5.75 Å². The highest BCUT2D eigenvalue weighted by atomic mass is 32.1. The molecule has 0 spiro atoms. The first-order valence-corrected chi connectivity index (χ1v) is 16.6. The lowest BCUT2D eigenvalue weighted by atomic mass is 9.96. The Morgan fingerprint density at radius 1 is 1.10 bits per heavy atom. The van der Waals surface area contributed by atoms with Crippen LogP contribution in [0.3, 0.4) is 0 Å². The maximum atomic E-state index is 16.2. The number of carbonyl (C=O) groups is 1. The molecule has 0 saturated carbocycles. The molecule has 0 radical (unpaired) electrons. The van der Waals surface area contributed by atoms with Gasteiger partial charge in [0, 0.05) is 54.0 Å². The topological polar surface area (TPSA) is 108 Å². The van der Waals surface area contributed by atoms with Gasteiger partial charge in [-0.15, -0.1) is 11.3 Å². The van der Waals surface area contributed by atoms with Crippen molar-refractivity contribution in [1.82, 2.24) is 29.2 Å². The van der Waals surface area contributed by atoms with Crippen molar-refractivity contribution in [2.45, 2.75) is 32.5 Å². The van der Waals surface area contributed by atoms with Crippen molar-refractivity contribution in [3.63, 3.8) is 0 Å². The van der Waals surface area contributed by atoms with Crippen LogP contribution >= 0.6 is 11.3 Å². The van der Waals surface area contributed by atoms with Crippen molar-refractivity contribution in [2.75, 3.05) is 26.9 Å².